The maximum atomic E-state index is 10.6. The number of aryl methyl sites for hydroxylation is 1. The smallest absolute Gasteiger partial charge is 0.356 e. The molecule has 0 fully saturated rings. The van der Waals surface area contributed by atoms with Crippen molar-refractivity contribution in [2.75, 3.05) is 11.9 Å². The van der Waals surface area contributed by atoms with Gasteiger partial charge in [-0.05, 0) is 0 Å². The molecule has 0 aliphatic rings. The molecular weight excluding hydrogens is 238 g/mol. The molecule has 0 aliphatic heterocycles. The number of nitrogens with one attached hydrogen (secondary N) is 1. The van der Waals surface area contributed by atoms with Crippen LogP contribution < -0.4 is 5.32 Å². The topological polar surface area (TPSA) is 114 Å². The van der Waals surface area contributed by atoms with Crippen molar-refractivity contribution in [3.8, 4) is 0 Å². The number of aromatic carboxylic acids is 1. The molecule has 8 heteroatoms. The third-order valence-electron chi connectivity index (χ3n) is 2.10. The van der Waals surface area contributed by atoms with E-state index in [1.54, 1.807) is 6.92 Å². The predicted molar refractivity (Wildman–Crippen MR) is 60.2 cm³/mol. The summed E-state index contributed by atoms with van der Waals surface area (Å²) in [4.78, 5) is 22.3. The normalized spacial score (nSPS) is 10.3. The van der Waals surface area contributed by atoms with Gasteiger partial charge in [0, 0.05) is 19.9 Å². The summed E-state index contributed by atoms with van der Waals surface area (Å²) in [6, 6.07) is 0. The van der Waals surface area contributed by atoms with Crippen LogP contribution in [0.4, 0.5) is 5.82 Å². The van der Waals surface area contributed by atoms with Crippen molar-refractivity contribution in [3.05, 3.63) is 29.8 Å². The number of hydrogen-bond acceptors (Lipinski definition) is 7. The number of aromatic nitrogens is 4. The first-order valence-electron chi connectivity index (χ1n) is 5.23. The van der Waals surface area contributed by atoms with Crippen LogP contribution in [-0.4, -0.2) is 37.7 Å². The van der Waals surface area contributed by atoms with Crippen molar-refractivity contribution in [2.24, 2.45) is 0 Å². The van der Waals surface area contributed by atoms with Gasteiger partial charge in [-0.25, -0.2) is 14.8 Å². The number of carbonyl (C=O) groups is 1. The first-order chi connectivity index (χ1) is 8.65. The van der Waals surface area contributed by atoms with Crippen LogP contribution in [0.15, 0.2) is 16.9 Å². The predicted octanol–water partition coefficient (Wildman–Crippen LogP) is 0.521. The molecule has 0 amide bonds. The minimum atomic E-state index is -1.10. The van der Waals surface area contributed by atoms with Crippen LogP contribution in [0.2, 0.25) is 0 Å². The molecule has 0 spiro atoms. The highest BCUT2D eigenvalue weighted by atomic mass is 16.5. The van der Waals surface area contributed by atoms with E-state index in [4.69, 9.17) is 9.63 Å². The van der Waals surface area contributed by atoms with E-state index in [1.165, 1.54) is 12.4 Å². The van der Waals surface area contributed by atoms with E-state index in [0.29, 0.717) is 30.5 Å². The molecule has 0 radical (unpaired) electrons. The van der Waals surface area contributed by atoms with Gasteiger partial charge in [-0.2, -0.15) is 4.98 Å². The summed E-state index contributed by atoms with van der Waals surface area (Å²) in [7, 11) is 0. The summed E-state index contributed by atoms with van der Waals surface area (Å²) >= 11 is 0. The van der Waals surface area contributed by atoms with Crippen molar-refractivity contribution < 1.29 is 14.4 Å². The zero-order chi connectivity index (χ0) is 13.0. The Morgan fingerprint density at radius 2 is 2.28 bits per heavy atom. The molecule has 2 heterocycles. The van der Waals surface area contributed by atoms with Crippen molar-refractivity contribution in [1.82, 2.24) is 20.1 Å². The van der Waals surface area contributed by atoms with Crippen LogP contribution in [0.25, 0.3) is 0 Å². The summed E-state index contributed by atoms with van der Waals surface area (Å²) in [5.74, 6) is 0.530. The molecule has 2 aromatic rings. The Labute approximate surface area is 102 Å². The fourth-order valence-corrected chi connectivity index (χ4v) is 1.27. The quantitative estimate of drug-likeness (QED) is 0.788. The zero-order valence-electron chi connectivity index (χ0n) is 9.62. The Morgan fingerprint density at radius 1 is 1.44 bits per heavy atom. The number of nitrogens with zero attached hydrogens (tertiary/aromatic N) is 4. The van der Waals surface area contributed by atoms with E-state index >= 15 is 0 Å². The van der Waals surface area contributed by atoms with Gasteiger partial charge in [-0.1, -0.05) is 5.16 Å². The van der Waals surface area contributed by atoms with E-state index < -0.39 is 5.97 Å². The van der Waals surface area contributed by atoms with Crippen molar-refractivity contribution in [1.29, 1.82) is 0 Å². The summed E-state index contributed by atoms with van der Waals surface area (Å²) < 4.78 is 4.83. The van der Waals surface area contributed by atoms with E-state index in [2.05, 4.69) is 25.4 Å². The van der Waals surface area contributed by atoms with E-state index in [-0.39, 0.29) is 5.69 Å². The molecule has 18 heavy (non-hydrogen) atoms. The Hall–Kier alpha value is -2.51. The lowest BCUT2D eigenvalue weighted by Crippen LogP contribution is -2.09. The van der Waals surface area contributed by atoms with Crippen LogP contribution in [0.5, 0.6) is 0 Å². The molecule has 0 saturated heterocycles. The third-order valence-corrected chi connectivity index (χ3v) is 2.10. The molecule has 0 saturated carbocycles. The molecule has 0 bridgehead atoms. The van der Waals surface area contributed by atoms with Crippen LogP contribution in [0, 0.1) is 6.92 Å². The fourth-order valence-electron chi connectivity index (χ4n) is 1.27. The average molecular weight is 249 g/mol. The number of carboxylic acids is 1. The average Bonchev–Trinajstić information content (AvgIpc) is 2.76. The van der Waals surface area contributed by atoms with Crippen LogP contribution in [0.3, 0.4) is 0 Å². The number of rotatable bonds is 5. The number of carboxylic acid groups (broad SMARTS) is 1. The lowest BCUT2D eigenvalue weighted by atomic mass is 10.4. The van der Waals surface area contributed by atoms with E-state index in [9.17, 15) is 4.79 Å². The van der Waals surface area contributed by atoms with Gasteiger partial charge in [0.25, 0.3) is 0 Å². The zero-order valence-corrected chi connectivity index (χ0v) is 9.62. The highest BCUT2D eigenvalue weighted by Gasteiger charge is 2.05. The highest BCUT2D eigenvalue weighted by molar-refractivity contribution is 5.84. The molecule has 2 aromatic heterocycles. The van der Waals surface area contributed by atoms with Gasteiger partial charge in [0.05, 0.1) is 12.4 Å². The van der Waals surface area contributed by atoms with Gasteiger partial charge in [-0.3, -0.25) is 0 Å². The first-order valence-corrected chi connectivity index (χ1v) is 5.23. The van der Waals surface area contributed by atoms with Crippen molar-refractivity contribution in [3.63, 3.8) is 0 Å². The van der Waals surface area contributed by atoms with Gasteiger partial charge in [0.2, 0.25) is 5.89 Å². The molecule has 0 aliphatic carbocycles. The summed E-state index contributed by atoms with van der Waals surface area (Å²) in [5.41, 5.74) is -0.0886. The van der Waals surface area contributed by atoms with Crippen LogP contribution >= 0.6 is 0 Å². The van der Waals surface area contributed by atoms with Crippen LogP contribution in [-0.2, 0) is 6.42 Å². The van der Waals surface area contributed by atoms with Gasteiger partial charge in [-0.15, -0.1) is 0 Å². The standard InChI is InChI=1S/C10H11N5O3/c1-6-14-8(15-18-6)2-3-11-9-5-12-7(4-13-9)10(16)17/h4-5H,2-3H2,1H3,(H,11,13)(H,16,17). The first kappa shape index (κ1) is 12.0. The Morgan fingerprint density at radius 3 is 2.83 bits per heavy atom. The Balaban J connectivity index is 1.85. The Kier molecular flexibility index (Phi) is 3.46. The van der Waals surface area contributed by atoms with E-state index in [1.807, 2.05) is 0 Å². The maximum Gasteiger partial charge on any atom is 0.356 e. The molecule has 2 rings (SSSR count). The molecular formula is C10H11N5O3. The summed E-state index contributed by atoms with van der Waals surface area (Å²) in [5, 5.41) is 15.4. The number of hydrogen-bond donors (Lipinski definition) is 2. The Bertz CT molecular complexity index is 537. The van der Waals surface area contributed by atoms with Gasteiger partial charge >= 0.3 is 5.97 Å². The summed E-state index contributed by atoms with van der Waals surface area (Å²) in [6.07, 6.45) is 3.15. The lowest BCUT2D eigenvalue weighted by molar-refractivity contribution is 0.0690. The molecule has 8 nitrogen and oxygen atoms in total. The maximum absolute atomic E-state index is 10.6. The van der Waals surface area contributed by atoms with E-state index in [0.717, 1.165) is 0 Å². The fraction of sp³-hybridized carbons (Fsp3) is 0.300. The SMILES string of the molecule is Cc1nc(CCNc2cnc(C(=O)O)cn2)no1. The second-order valence-electron chi connectivity index (χ2n) is 3.50. The second-order valence-corrected chi connectivity index (χ2v) is 3.50. The molecule has 94 valence electrons. The third kappa shape index (κ3) is 3.00. The van der Waals surface area contributed by atoms with Crippen LogP contribution in [0.1, 0.15) is 22.2 Å². The largest absolute Gasteiger partial charge is 0.476 e. The molecule has 0 atom stereocenters. The van der Waals surface area contributed by atoms with Crippen molar-refractivity contribution in [2.45, 2.75) is 13.3 Å². The van der Waals surface area contributed by atoms with Gasteiger partial charge in [0.15, 0.2) is 11.5 Å². The minimum Gasteiger partial charge on any atom is -0.476 e. The number of anilines is 1. The lowest BCUT2D eigenvalue weighted by Gasteiger charge is -2.02. The monoisotopic (exact) mass is 249 g/mol. The minimum absolute atomic E-state index is 0.0886. The van der Waals surface area contributed by atoms with Gasteiger partial charge < -0.3 is 14.9 Å². The summed E-state index contributed by atoms with van der Waals surface area (Å²) in [6.45, 7) is 2.28. The van der Waals surface area contributed by atoms with Crippen molar-refractivity contribution >= 4 is 11.8 Å². The molecule has 0 unspecified atom stereocenters. The molecule has 2 N–H and O–H groups in total. The highest BCUT2D eigenvalue weighted by Crippen LogP contribution is 2.02. The van der Waals surface area contributed by atoms with Gasteiger partial charge in [0.1, 0.15) is 5.82 Å². The molecule has 0 aromatic carbocycles. The second kappa shape index (κ2) is 5.21.